The number of methoxy groups -OCH3 is 1. The van der Waals surface area contributed by atoms with Crippen molar-refractivity contribution in [2.24, 2.45) is 0 Å². The number of thioether (sulfide) groups is 1. The molecule has 0 aliphatic rings. The van der Waals surface area contributed by atoms with Gasteiger partial charge in [-0.2, -0.15) is 0 Å². The summed E-state index contributed by atoms with van der Waals surface area (Å²) < 4.78 is 6.72. The van der Waals surface area contributed by atoms with Crippen molar-refractivity contribution in [3.8, 4) is 0 Å². The first kappa shape index (κ1) is 13.8. The minimum absolute atomic E-state index is 0.0192. The molecule has 1 aromatic carbocycles. The molecule has 4 nitrogen and oxygen atoms in total. The van der Waals surface area contributed by atoms with Crippen LogP contribution in [0.4, 0.5) is 0 Å². The third kappa shape index (κ3) is 3.05. The lowest BCUT2D eigenvalue weighted by Crippen LogP contribution is -2.25. The van der Waals surface area contributed by atoms with E-state index in [2.05, 4.69) is 11.6 Å². The number of rotatable bonds is 6. The number of ether oxygens (including phenoxy) is 1. The number of hydrogen-bond acceptors (Lipinski definition) is 4. The fourth-order valence-corrected chi connectivity index (χ4v) is 2.53. The van der Waals surface area contributed by atoms with E-state index in [1.807, 2.05) is 18.2 Å². The summed E-state index contributed by atoms with van der Waals surface area (Å²) in [6, 6.07) is 7.39. The lowest BCUT2D eigenvalue weighted by Gasteiger charge is -2.11. The Morgan fingerprint density at radius 3 is 3.00 bits per heavy atom. The molecule has 0 aliphatic carbocycles. The maximum absolute atomic E-state index is 12.4. The van der Waals surface area contributed by atoms with E-state index in [0.29, 0.717) is 23.7 Å². The zero-order chi connectivity index (χ0) is 13.7. The molecule has 0 amide bonds. The monoisotopic (exact) mass is 276 g/mol. The fraction of sp³-hybridized carbons (Fsp3) is 0.286. The second kappa shape index (κ2) is 6.54. The molecular formula is C14H16N2O2S. The third-order valence-electron chi connectivity index (χ3n) is 2.68. The molecule has 100 valence electrons. The van der Waals surface area contributed by atoms with Crippen molar-refractivity contribution in [2.75, 3.05) is 19.5 Å². The zero-order valence-electron chi connectivity index (χ0n) is 10.8. The highest BCUT2D eigenvalue weighted by atomic mass is 32.2. The fourth-order valence-electron chi connectivity index (χ4n) is 1.77. The summed E-state index contributed by atoms with van der Waals surface area (Å²) in [5, 5.41) is 1.35. The van der Waals surface area contributed by atoms with Crippen molar-refractivity contribution < 1.29 is 4.74 Å². The van der Waals surface area contributed by atoms with Gasteiger partial charge in [-0.15, -0.1) is 6.58 Å². The second-order valence-corrected chi connectivity index (χ2v) is 4.95. The summed E-state index contributed by atoms with van der Waals surface area (Å²) in [5.41, 5.74) is 0.710. The lowest BCUT2D eigenvalue weighted by atomic mass is 10.2. The van der Waals surface area contributed by atoms with Crippen LogP contribution in [0.2, 0.25) is 0 Å². The predicted octanol–water partition coefficient (Wildman–Crippen LogP) is 2.32. The Bertz CT molecular complexity index is 637. The topological polar surface area (TPSA) is 44.1 Å². The molecule has 0 bridgehead atoms. The number of hydrogen-bond donors (Lipinski definition) is 0. The smallest absolute Gasteiger partial charge is 0.262 e. The van der Waals surface area contributed by atoms with Crippen molar-refractivity contribution >= 4 is 22.7 Å². The molecule has 0 saturated heterocycles. The average Bonchev–Trinajstić information content (AvgIpc) is 2.44. The van der Waals surface area contributed by atoms with Gasteiger partial charge >= 0.3 is 0 Å². The van der Waals surface area contributed by atoms with Crippen LogP contribution >= 0.6 is 11.8 Å². The summed E-state index contributed by atoms with van der Waals surface area (Å²) in [5.74, 6) is 0.720. The van der Waals surface area contributed by atoms with Crippen LogP contribution in [0.3, 0.4) is 0 Å². The van der Waals surface area contributed by atoms with E-state index in [1.165, 1.54) is 11.8 Å². The Labute approximate surface area is 116 Å². The molecule has 19 heavy (non-hydrogen) atoms. The normalized spacial score (nSPS) is 10.8. The van der Waals surface area contributed by atoms with Crippen molar-refractivity contribution in [3.05, 3.63) is 47.3 Å². The van der Waals surface area contributed by atoms with Gasteiger partial charge in [0.15, 0.2) is 5.16 Å². The summed E-state index contributed by atoms with van der Waals surface area (Å²) >= 11 is 1.50. The van der Waals surface area contributed by atoms with Gasteiger partial charge < -0.3 is 4.74 Å². The molecule has 0 unspecified atom stereocenters. The molecule has 0 atom stereocenters. The van der Waals surface area contributed by atoms with Crippen LogP contribution in [-0.2, 0) is 11.3 Å². The van der Waals surface area contributed by atoms with Crippen LogP contribution in [-0.4, -0.2) is 29.0 Å². The maximum Gasteiger partial charge on any atom is 0.262 e. The van der Waals surface area contributed by atoms with Crippen LogP contribution < -0.4 is 5.56 Å². The molecule has 0 radical (unpaired) electrons. The summed E-state index contributed by atoms with van der Waals surface area (Å²) in [7, 11) is 1.62. The summed E-state index contributed by atoms with van der Waals surface area (Å²) in [6.07, 6.45) is 1.80. The van der Waals surface area contributed by atoms with Crippen LogP contribution in [0.5, 0.6) is 0 Å². The molecule has 0 spiro atoms. The van der Waals surface area contributed by atoms with Crippen molar-refractivity contribution in [1.82, 2.24) is 9.55 Å². The summed E-state index contributed by atoms with van der Waals surface area (Å²) in [4.78, 5) is 17.0. The second-order valence-electron chi connectivity index (χ2n) is 3.96. The van der Waals surface area contributed by atoms with E-state index >= 15 is 0 Å². The molecule has 0 fully saturated rings. The minimum Gasteiger partial charge on any atom is -0.383 e. The lowest BCUT2D eigenvalue weighted by molar-refractivity contribution is 0.183. The van der Waals surface area contributed by atoms with Crippen LogP contribution in [0.15, 0.2) is 46.9 Å². The van der Waals surface area contributed by atoms with Gasteiger partial charge in [0.1, 0.15) is 0 Å². The van der Waals surface area contributed by atoms with Gasteiger partial charge in [0.25, 0.3) is 5.56 Å². The number of aromatic nitrogens is 2. The van der Waals surface area contributed by atoms with E-state index in [0.717, 1.165) is 11.3 Å². The number of benzene rings is 1. The molecule has 0 saturated carbocycles. The van der Waals surface area contributed by atoms with E-state index in [1.54, 1.807) is 23.8 Å². The minimum atomic E-state index is -0.0192. The highest BCUT2D eigenvalue weighted by Crippen LogP contribution is 2.17. The first-order chi connectivity index (χ1) is 9.27. The maximum atomic E-state index is 12.4. The Morgan fingerprint density at radius 2 is 2.26 bits per heavy atom. The Hall–Kier alpha value is -1.59. The van der Waals surface area contributed by atoms with Gasteiger partial charge in [-0.3, -0.25) is 9.36 Å². The van der Waals surface area contributed by atoms with Gasteiger partial charge in [-0.25, -0.2) is 4.98 Å². The number of nitrogens with zero attached hydrogens (tertiary/aromatic N) is 2. The van der Waals surface area contributed by atoms with Gasteiger partial charge in [0, 0.05) is 12.9 Å². The molecule has 5 heteroatoms. The third-order valence-corrected chi connectivity index (χ3v) is 3.65. The quantitative estimate of drug-likeness (QED) is 0.461. The largest absolute Gasteiger partial charge is 0.383 e. The van der Waals surface area contributed by atoms with E-state index in [-0.39, 0.29) is 5.56 Å². The number of para-hydroxylation sites is 1. The molecule has 1 aromatic heterocycles. The van der Waals surface area contributed by atoms with Crippen LogP contribution in [0.1, 0.15) is 0 Å². The highest BCUT2D eigenvalue weighted by Gasteiger charge is 2.10. The Morgan fingerprint density at radius 1 is 1.47 bits per heavy atom. The Kier molecular flexibility index (Phi) is 4.76. The van der Waals surface area contributed by atoms with Crippen LogP contribution in [0.25, 0.3) is 10.9 Å². The van der Waals surface area contributed by atoms with Gasteiger partial charge in [-0.05, 0) is 12.1 Å². The average molecular weight is 276 g/mol. The summed E-state index contributed by atoms with van der Waals surface area (Å²) in [6.45, 7) is 4.69. The first-order valence-corrected chi connectivity index (χ1v) is 6.98. The van der Waals surface area contributed by atoms with Gasteiger partial charge in [0.05, 0.1) is 24.1 Å². The van der Waals surface area contributed by atoms with E-state index in [4.69, 9.17) is 4.74 Å². The molecule has 2 rings (SSSR count). The highest BCUT2D eigenvalue weighted by molar-refractivity contribution is 7.99. The SMILES string of the molecule is C=CCSc1nc2ccccc2c(=O)n1CCOC. The van der Waals surface area contributed by atoms with Gasteiger partial charge in [0.2, 0.25) is 0 Å². The van der Waals surface area contributed by atoms with Crippen molar-refractivity contribution in [2.45, 2.75) is 11.7 Å². The standard InChI is InChI=1S/C14H16N2O2S/c1-3-10-19-14-15-12-7-5-4-6-11(12)13(17)16(14)8-9-18-2/h3-7H,1,8-10H2,2H3. The molecule has 1 heterocycles. The van der Waals surface area contributed by atoms with Crippen molar-refractivity contribution in [1.29, 1.82) is 0 Å². The Balaban J connectivity index is 2.55. The van der Waals surface area contributed by atoms with Crippen LogP contribution in [0, 0.1) is 0 Å². The molecular weight excluding hydrogens is 260 g/mol. The zero-order valence-corrected chi connectivity index (χ0v) is 11.7. The van der Waals surface area contributed by atoms with E-state index < -0.39 is 0 Å². The van der Waals surface area contributed by atoms with E-state index in [9.17, 15) is 4.79 Å². The molecule has 2 aromatic rings. The van der Waals surface area contributed by atoms with Gasteiger partial charge in [-0.1, -0.05) is 30.0 Å². The first-order valence-electron chi connectivity index (χ1n) is 6.00. The number of fused-ring (bicyclic) bond motifs is 1. The molecule has 0 aliphatic heterocycles. The van der Waals surface area contributed by atoms with Crippen molar-refractivity contribution in [3.63, 3.8) is 0 Å². The molecule has 0 N–H and O–H groups in total. The predicted molar refractivity (Wildman–Crippen MR) is 78.8 cm³/mol.